The van der Waals surface area contributed by atoms with Gasteiger partial charge in [-0.25, -0.2) is 4.98 Å². The molecule has 0 saturated heterocycles. The lowest BCUT2D eigenvalue weighted by atomic mass is 9.59. The Labute approximate surface area is 274 Å². The van der Waals surface area contributed by atoms with Crippen LogP contribution in [0.4, 0.5) is 0 Å². The summed E-state index contributed by atoms with van der Waals surface area (Å²) >= 11 is 0. The monoisotopic (exact) mass is 582 g/mol. The Morgan fingerprint density at radius 3 is 1.65 bits per heavy atom. The predicted octanol–water partition coefficient (Wildman–Crippen LogP) is 1.62. The van der Waals surface area contributed by atoms with E-state index in [0.29, 0.717) is 0 Å². The first-order valence-corrected chi connectivity index (χ1v) is 16.1. The lowest BCUT2D eigenvalue weighted by molar-refractivity contribution is 1.11. The molecule has 0 aliphatic carbocycles. The minimum absolute atomic E-state index is 0.954. The molecular formula is C39H31B5N2. The fourth-order valence-corrected chi connectivity index (χ4v) is 7.46. The van der Waals surface area contributed by atoms with Gasteiger partial charge in [-0.1, -0.05) is 108 Å². The van der Waals surface area contributed by atoms with Crippen molar-refractivity contribution < 1.29 is 0 Å². The third kappa shape index (κ3) is 4.30. The van der Waals surface area contributed by atoms with Gasteiger partial charge in [0.2, 0.25) is 0 Å². The van der Waals surface area contributed by atoms with Crippen LogP contribution in [-0.2, 0) is 0 Å². The molecule has 0 aliphatic rings. The minimum atomic E-state index is 0.954. The highest BCUT2D eigenvalue weighted by molar-refractivity contribution is 6.68. The van der Waals surface area contributed by atoms with Gasteiger partial charge in [-0.2, -0.15) is 0 Å². The molecule has 0 bridgehead atoms. The summed E-state index contributed by atoms with van der Waals surface area (Å²) in [6.07, 6.45) is 0. The molecule has 0 spiro atoms. The van der Waals surface area contributed by atoms with Gasteiger partial charge < -0.3 is 0 Å². The van der Waals surface area contributed by atoms with E-state index in [9.17, 15) is 0 Å². The van der Waals surface area contributed by atoms with E-state index < -0.39 is 0 Å². The maximum Gasteiger partial charge on any atom is 0.146 e. The van der Waals surface area contributed by atoms with Crippen LogP contribution >= 0.6 is 0 Å². The number of fused-ring (bicyclic) bond motifs is 3. The zero-order chi connectivity index (χ0) is 31.5. The first kappa shape index (κ1) is 28.3. The van der Waals surface area contributed by atoms with Crippen LogP contribution in [0.5, 0.6) is 0 Å². The number of imidazole rings is 1. The van der Waals surface area contributed by atoms with Crippen molar-refractivity contribution >= 4 is 99.1 Å². The SMILES string of the molecule is Bc1c(B)c(B)c(-c2ccc3c(-c4nc5ccccc5n4-c4ccccc4)c4ccccc4c(-c4ccccc4)c3c2)c(B)c1B. The highest BCUT2D eigenvalue weighted by atomic mass is 15.1. The van der Waals surface area contributed by atoms with Crippen molar-refractivity contribution in [2.24, 2.45) is 0 Å². The maximum atomic E-state index is 5.37. The molecule has 46 heavy (non-hydrogen) atoms. The summed E-state index contributed by atoms with van der Waals surface area (Å²) in [5.74, 6) is 0.954. The van der Waals surface area contributed by atoms with Gasteiger partial charge in [0.05, 0.1) is 11.0 Å². The van der Waals surface area contributed by atoms with E-state index in [1.165, 1.54) is 71.1 Å². The summed E-state index contributed by atoms with van der Waals surface area (Å²) in [7, 11) is 11.3. The van der Waals surface area contributed by atoms with Crippen molar-refractivity contribution in [2.75, 3.05) is 0 Å². The molecule has 212 valence electrons. The summed E-state index contributed by atoms with van der Waals surface area (Å²) < 4.78 is 2.33. The Morgan fingerprint density at radius 1 is 0.413 bits per heavy atom. The normalized spacial score (nSPS) is 11.5. The van der Waals surface area contributed by atoms with Crippen LogP contribution in [0.15, 0.2) is 127 Å². The van der Waals surface area contributed by atoms with E-state index in [1.54, 1.807) is 0 Å². The lowest BCUT2D eigenvalue weighted by Crippen LogP contribution is -2.55. The molecule has 0 N–H and O–H groups in total. The molecular weight excluding hydrogens is 551 g/mol. The molecule has 2 nitrogen and oxygen atoms in total. The van der Waals surface area contributed by atoms with Crippen LogP contribution in [0.3, 0.4) is 0 Å². The molecule has 7 aromatic carbocycles. The number of aromatic nitrogens is 2. The van der Waals surface area contributed by atoms with E-state index in [4.69, 9.17) is 4.98 Å². The van der Waals surface area contributed by atoms with E-state index in [0.717, 1.165) is 28.1 Å². The second-order valence-electron chi connectivity index (χ2n) is 12.5. The zero-order valence-corrected chi connectivity index (χ0v) is 27.0. The molecule has 1 heterocycles. The molecule has 7 heteroatoms. The van der Waals surface area contributed by atoms with Gasteiger partial charge >= 0.3 is 0 Å². The third-order valence-electron chi connectivity index (χ3n) is 10.2. The smallest absolute Gasteiger partial charge is 0.146 e. The van der Waals surface area contributed by atoms with Crippen LogP contribution in [0.25, 0.3) is 71.9 Å². The number of para-hydroxylation sites is 3. The van der Waals surface area contributed by atoms with Crippen molar-refractivity contribution in [1.82, 2.24) is 9.55 Å². The summed E-state index contributed by atoms with van der Waals surface area (Å²) in [6, 6.07) is 45.9. The summed E-state index contributed by atoms with van der Waals surface area (Å²) in [5.41, 5.74) is 16.2. The molecule has 0 aliphatic heterocycles. The Kier molecular flexibility index (Phi) is 6.80. The second-order valence-corrected chi connectivity index (χ2v) is 12.5. The average molecular weight is 582 g/mol. The highest BCUT2D eigenvalue weighted by Crippen LogP contribution is 2.45. The maximum absolute atomic E-state index is 5.37. The van der Waals surface area contributed by atoms with Crippen molar-refractivity contribution in [1.29, 1.82) is 0 Å². The van der Waals surface area contributed by atoms with Gasteiger partial charge in [-0.05, 0) is 74.1 Å². The average Bonchev–Trinajstić information content (AvgIpc) is 3.48. The molecule has 8 aromatic rings. The number of hydrogen-bond acceptors (Lipinski definition) is 1. The molecule has 0 radical (unpaired) electrons. The first-order valence-electron chi connectivity index (χ1n) is 16.1. The molecule has 0 atom stereocenters. The van der Waals surface area contributed by atoms with Crippen LogP contribution in [0.2, 0.25) is 0 Å². The topological polar surface area (TPSA) is 17.8 Å². The highest BCUT2D eigenvalue weighted by Gasteiger charge is 2.23. The standard InChI is InChI=1S/C39H31B5N2/c40-34-32(35(41)37(43)38(44)36(34)42)23-19-20-27-28(21-23)31(22-11-3-1-4-12-22)25-15-7-8-16-26(25)33(27)39-45-29-17-9-10-18-30(29)46(39)24-13-5-2-6-14-24/h1-21H,40-44H2. The van der Waals surface area contributed by atoms with Gasteiger partial charge in [0, 0.05) is 11.3 Å². The Bertz CT molecular complexity index is 2440. The third-order valence-corrected chi connectivity index (χ3v) is 10.2. The van der Waals surface area contributed by atoms with Crippen LogP contribution in [0, 0.1) is 0 Å². The van der Waals surface area contributed by atoms with Crippen molar-refractivity contribution in [3.05, 3.63) is 127 Å². The van der Waals surface area contributed by atoms with Crippen LogP contribution in [-0.4, -0.2) is 48.8 Å². The largest absolute Gasteiger partial charge is 0.292 e. The molecule has 8 rings (SSSR count). The molecule has 0 amide bonds. The number of benzene rings is 7. The first-order chi connectivity index (χ1) is 22.4. The van der Waals surface area contributed by atoms with Crippen LogP contribution < -0.4 is 27.3 Å². The minimum Gasteiger partial charge on any atom is -0.292 e. The Balaban J connectivity index is 1.56. The molecule has 1 aromatic heterocycles. The molecule has 0 fully saturated rings. The predicted molar refractivity (Wildman–Crippen MR) is 213 cm³/mol. The van der Waals surface area contributed by atoms with E-state index >= 15 is 0 Å². The summed E-state index contributed by atoms with van der Waals surface area (Å²) in [6.45, 7) is 0. The molecule has 0 saturated carbocycles. The quantitative estimate of drug-likeness (QED) is 0.228. The lowest BCUT2D eigenvalue weighted by Gasteiger charge is -2.22. The van der Waals surface area contributed by atoms with Gasteiger partial charge in [-0.15, -0.1) is 16.4 Å². The van der Waals surface area contributed by atoms with Crippen molar-refractivity contribution in [2.45, 2.75) is 0 Å². The van der Waals surface area contributed by atoms with Crippen LogP contribution in [0.1, 0.15) is 0 Å². The molecule has 0 unspecified atom stereocenters. The fraction of sp³-hybridized carbons (Fsp3) is 0. The Hall–Kier alpha value is -5.15. The van der Waals surface area contributed by atoms with Crippen molar-refractivity contribution in [3.8, 4) is 39.3 Å². The van der Waals surface area contributed by atoms with Crippen molar-refractivity contribution in [3.63, 3.8) is 0 Å². The second kappa shape index (κ2) is 11.0. The van der Waals surface area contributed by atoms with Gasteiger partial charge in [-0.3, -0.25) is 4.57 Å². The number of rotatable bonds is 4. The number of nitrogens with zero attached hydrogens (tertiary/aromatic N) is 2. The Morgan fingerprint density at radius 2 is 0.957 bits per heavy atom. The van der Waals surface area contributed by atoms with E-state index in [-0.39, 0.29) is 0 Å². The summed E-state index contributed by atoms with van der Waals surface area (Å²) in [4.78, 5) is 5.37. The van der Waals surface area contributed by atoms with Gasteiger partial charge in [0.1, 0.15) is 45.1 Å². The van der Waals surface area contributed by atoms with E-state index in [2.05, 4.69) is 171 Å². The van der Waals surface area contributed by atoms with Gasteiger partial charge in [0.25, 0.3) is 0 Å². The zero-order valence-electron chi connectivity index (χ0n) is 27.0. The summed E-state index contributed by atoms with van der Waals surface area (Å²) in [5, 5.41) is 4.86. The van der Waals surface area contributed by atoms with Gasteiger partial charge in [0.15, 0.2) is 0 Å². The number of hydrogen-bond donors (Lipinski definition) is 0. The fourth-order valence-electron chi connectivity index (χ4n) is 7.46. The van der Waals surface area contributed by atoms with E-state index in [1.807, 2.05) is 0 Å².